The number of aryl methyl sites for hydroxylation is 1. The lowest BCUT2D eigenvalue weighted by atomic mass is 10.0. The summed E-state index contributed by atoms with van der Waals surface area (Å²) in [7, 11) is 1.67. The van der Waals surface area contributed by atoms with Crippen molar-refractivity contribution in [3.8, 4) is 5.75 Å². The highest BCUT2D eigenvalue weighted by atomic mass is 16.5. The van der Waals surface area contributed by atoms with E-state index in [2.05, 4.69) is 4.99 Å². The van der Waals surface area contributed by atoms with Crippen LogP contribution in [0.2, 0.25) is 0 Å². The van der Waals surface area contributed by atoms with E-state index in [0.29, 0.717) is 0 Å². The van der Waals surface area contributed by atoms with Crippen molar-refractivity contribution in [3.05, 3.63) is 23.8 Å². The molecule has 1 aliphatic heterocycles. The molecule has 68 valence electrons. The molecule has 0 atom stereocenters. The van der Waals surface area contributed by atoms with Gasteiger partial charge in [-0.3, -0.25) is 0 Å². The Hall–Kier alpha value is -1.51. The van der Waals surface area contributed by atoms with Gasteiger partial charge >= 0.3 is 0 Å². The average molecular weight is 176 g/mol. The van der Waals surface area contributed by atoms with E-state index in [9.17, 15) is 0 Å². The lowest BCUT2D eigenvalue weighted by Gasteiger charge is -2.13. The number of fused-ring (bicyclic) bond motifs is 1. The van der Waals surface area contributed by atoms with Gasteiger partial charge in [0.2, 0.25) is 0 Å². The number of nitrogens with two attached hydrogens (primary N) is 1. The Morgan fingerprint density at radius 2 is 2.23 bits per heavy atom. The molecule has 0 aliphatic carbocycles. The van der Waals surface area contributed by atoms with Crippen molar-refractivity contribution in [2.45, 2.75) is 12.8 Å². The normalized spacial score (nSPS) is 14.7. The second kappa shape index (κ2) is 3.09. The second-order valence-corrected chi connectivity index (χ2v) is 3.10. The molecule has 13 heavy (non-hydrogen) atoms. The molecule has 0 fully saturated rings. The van der Waals surface area contributed by atoms with Crippen LogP contribution in [0, 0.1) is 0 Å². The molecular formula is C10H12N2O. The number of nitrogens with zero attached hydrogens (tertiary/aromatic N) is 1. The Balaban J connectivity index is 2.43. The quantitative estimate of drug-likeness (QED) is 0.707. The highest BCUT2D eigenvalue weighted by Gasteiger charge is 2.09. The van der Waals surface area contributed by atoms with Gasteiger partial charge in [0.05, 0.1) is 18.6 Å². The number of rotatable bonds is 1. The highest BCUT2D eigenvalue weighted by molar-refractivity contribution is 5.85. The molecule has 0 saturated heterocycles. The van der Waals surface area contributed by atoms with Gasteiger partial charge in [-0.25, -0.2) is 4.99 Å². The number of methoxy groups -OCH3 is 1. The average Bonchev–Trinajstić information content (AvgIpc) is 2.17. The molecule has 0 bridgehead atoms. The van der Waals surface area contributed by atoms with Gasteiger partial charge in [-0.1, -0.05) is 0 Å². The van der Waals surface area contributed by atoms with E-state index >= 15 is 0 Å². The van der Waals surface area contributed by atoms with Crippen LogP contribution in [0.3, 0.4) is 0 Å². The lowest BCUT2D eigenvalue weighted by molar-refractivity contribution is 0.414. The molecule has 0 radical (unpaired) electrons. The summed E-state index contributed by atoms with van der Waals surface area (Å²) in [6.07, 6.45) is 1.81. The summed E-state index contributed by atoms with van der Waals surface area (Å²) < 4.78 is 5.13. The summed E-state index contributed by atoms with van der Waals surface area (Å²) >= 11 is 0. The lowest BCUT2D eigenvalue weighted by Crippen LogP contribution is -2.15. The number of benzene rings is 1. The van der Waals surface area contributed by atoms with Gasteiger partial charge in [-0.05, 0) is 30.2 Å². The Morgan fingerprint density at radius 3 is 3.00 bits per heavy atom. The molecule has 1 aromatic carbocycles. The Labute approximate surface area is 77.2 Å². The standard InChI is InChI=1S/C10H12N2O/c1-13-8-3-4-9-7(6-8)2-5-10(11)12-9/h3-4,6H,2,5H2,1H3,(H2,11,12). The number of aliphatic imine (C=N–C) groups is 1. The third-order valence-electron chi connectivity index (χ3n) is 2.20. The van der Waals surface area contributed by atoms with Gasteiger partial charge in [0.15, 0.2) is 0 Å². The van der Waals surface area contributed by atoms with Gasteiger partial charge in [-0.2, -0.15) is 0 Å². The molecule has 3 nitrogen and oxygen atoms in total. The Morgan fingerprint density at radius 1 is 1.38 bits per heavy atom. The van der Waals surface area contributed by atoms with Crippen molar-refractivity contribution in [3.63, 3.8) is 0 Å². The molecule has 0 spiro atoms. The fraction of sp³-hybridized carbons (Fsp3) is 0.300. The van der Waals surface area contributed by atoms with Gasteiger partial charge < -0.3 is 10.5 Å². The summed E-state index contributed by atoms with van der Waals surface area (Å²) in [6.45, 7) is 0. The van der Waals surface area contributed by atoms with Crippen molar-refractivity contribution in [1.29, 1.82) is 0 Å². The minimum absolute atomic E-state index is 0.720. The van der Waals surface area contributed by atoms with Gasteiger partial charge in [0.1, 0.15) is 5.75 Å². The fourth-order valence-corrected chi connectivity index (χ4v) is 1.47. The second-order valence-electron chi connectivity index (χ2n) is 3.10. The third kappa shape index (κ3) is 1.49. The molecule has 1 aliphatic rings. The molecule has 0 saturated carbocycles. The number of hydrogen-bond donors (Lipinski definition) is 1. The summed E-state index contributed by atoms with van der Waals surface area (Å²) in [5.41, 5.74) is 7.83. The maximum absolute atomic E-state index is 5.64. The van der Waals surface area contributed by atoms with Gasteiger partial charge in [0.25, 0.3) is 0 Å². The Kier molecular flexibility index (Phi) is 1.93. The van der Waals surface area contributed by atoms with E-state index in [1.165, 1.54) is 5.56 Å². The maximum atomic E-state index is 5.64. The molecule has 1 heterocycles. The van der Waals surface area contributed by atoms with Crippen molar-refractivity contribution >= 4 is 11.5 Å². The molecule has 3 heteroatoms. The zero-order chi connectivity index (χ0) is 9.26. The fourth-order valence-electron chi connectivity index (χ4n) is 1.47. The van der Waals surface area contributed by atoms with Gasteiger partial charge in [0, 0.05) is 6.42 Å². The van der Waals surface area contributed by atoms with Crippen molar-refractivity contribution in [2.75, 3.05) is 7.11 Å². The highest BCUT2D eigenvalue weighted by Crippen LogP contribution is 2.28. The van der Waals surface area contributed by atoms with Crippen molar-refractivity contribution < 1.29 is 4.74 Å². The predicted octanol–water partition coefficient (Wildman–Crippen LogP) is 1.63. The first-order chi connectivity index (χ1) is 6.29. The largest absolute Gasteiger partial charge is 0.497 e. The van der Waals surface area contributed by atoms with Crippen molar-refractivity contribution in [1.82, 2.24) is 0 Å². The van der Waals surface area contributed by atoms with E-state index in [1.54, 1.807) is 7.11 Å². The van der Waals surface area contributed by atoms with E-state index in [-0.39, 0.29) is 0 Å². The number of amidine groups is 1. The van der Waals surface area contributed by atoms with Crippen LogP contribution < -0.4 is 10.5 Å². The molecule has 2 N–H and O–H groups in total. The predicted molar refractivity (Wildman–Crippen MR) is 52.6 cm³/mol. The van der Waals surface area contributed by atoms with Crippen LogP contribution in [0.15, 0.2) is 23.2 Å². The van der Waals surface area contributed by atoms with E-state index < -0.39 is 0 Å². The zero-order valence-electron chi connectivity index (χ0n) is 7.58. The minimum Gasteiger partial charge on any atom is -0.497 e. The smallest absolute Gasteiger partial charge is 0.119 e. The molecule has 0 aromatic heterocycles. The Bertz CT molecular complexity index is 358. The summed E-state index contributed by atoms with van der Waals surface area (Å²) in [4.78, 5) is 4.26. The molecule has 1 aromatic rings. The number of ether oxygens (including phenoxy) is 1. The van der Waals surface area contributed by atoms with E-state index in [1.807, 2.05) is 18.2 Å². The van der Waals surface area contributed by atoms with E-state index in [4.69, 9.17) is 10.5 Å². The van der Waals surface area contributed by atoms with Crippen LogP contribution in [0.5, 0.6) is 5.75 Å². The molecule has 2 rings (SSSR count). The van der Waals surface area contributed by atoms with E-state index in [0.717, 1.165) is 30.1 Å². The SMILES string of the molecule is COc1ccc2c(c1)CCC(N)=N2. The first kappa shape index (κ1) is 8.10. The summed E-state index contributed by atoms with van der Waals surface area (Å²) in [6, 6.07) is 5.87. The third-order valence-corrected chi connectivity index (χ3v) is 2.20. The van der Waals surface area contributed by atoms with Crippen LogP contribution in [-0.2, 0) is 6.42 Å². The molecule has 0 unspecified atom stereocenters. The van der Waals surface area contributed by atoms with Crippen LogP contribution in [0.4, 0.5) is 5.69 Å². The first-order valence-corrected chi connectivity index (χ1v) is 4.29. The van der Waals surface area contributed by atoms with Crippen LogP contribution in [-0.4, -0.2) is 12.9 Å². The zero-order valence-corrected chi connectivity index (χ0v) is 7.58. The topological polar surface area (TPSA) is 47.6 Å². The molecular weight excluding hydrogens is 164 g/mol. The monoisotopic (exact) mass is 176 g/mol. The molecule has 0 amide bonds. The van der Waals surface area contributed by atoms with Crippen LogP contribution >= 0.6 is 0 Å². The maximum Gasteiger partial charge on any atom is 0.119 e. The first-order valence-electron chi connectivity index (χ1n) is 4.29. The summed E-state index contributed by atoms with van der Waals surface area (Å²) in [5, 5.41) is 0. The van der Waals surface area contributed by atoms with Crippen LogP contribution in [0.1, 0.15) is 12.0 Å². The minimum atomic E-state index is 0.720. The number of hydrogen-bond acceptors (Lipinski definition) is 3. The van der Waals surface area contributed by atoms with Gasteiger partial charge in [-0.15, -0.1) is 0 Å². The van der Waals surface area contributed by atoms with Crippen molar-refractivity contribution in [2.24, 2.45) is 10.7 Å². The van der Waals surface area contributed by atoms with Crippen LogP contribution in [0.25, 0.3) is 0 Å². The summed E-state index contributed by atoms with van der Waals surface area (Å²) in [5.74, 6) is 1.60.